The Hall–Kier alpha value is -2.89. The molecule has 0 radical (unpaired) electrons. The first-order chi connectivity index (χ1) is 14.8. The van der Waals surface area contributed by atoms with Gasteiger partial charge in [-0.25, -0.2) is 0 Å². The Kier molecular flexibility index (Phi) is 7.31. The van der Waals surface area contributed by atoms with E-state index in [0.29, 0.717) is 27.2 Å². The maximum Gasteiger partial charge on any atom is 0.270 e. The number of hydrogen-bond acceptors (Lipinski definition) is 6. The van der Waals surface area contributed by atoms with Crippen molar-refractivity contribution in [3.8, 4) is 6.07 Å². The SMILES string of the molecule is Cc1cc(C)c(NC(=O)C=NOCC(=O)Nc2sc3c(c2C#N)CC[C@H](C)C3)c(Cl)c1. The van der Waals surface area contributed by atoms with E-state index >= 15 is 0 Å². The van der Waals surface area contributed by atoms with Gasteiger partial charge in [-0.05, 0) is 61.8 Å². The minimum absolute atomic E-state index is 0.377. The summed E-state index contributed by atoms with van der Waals surface area (Å²) in [4.78, 5) is 30.3. The Morgan fingerprint density at radius 2 is 2.16 bits per heavy atom. The lowest BCUT2D eigenvalue weighted by Gasteiger charge is -2.17. The minimum atomic E-state index is -0.527. The molecule has 0 bridgehead atoms. The normalized spacial score (nSPS) is 15.3. The summed E-state index contributed by atoms with van der Waals surface area (Å²) in [6, 6.07) is 5.85. The fourth-order valence-electron chi connectivity index (χ4n) is 3.53. The molecule has 1 aliphatic carbocycles. The molecule has 1 aromatic heterocycles. The summed E-state index contributed by atoms with van der Waals surface area (Å²) >= 11 is 7.61. The van der Waals surface area contributed by atoms with Crippen LogP contribution >= 0.6 is 22.9 Å². The van der Waals surface area contributed by atoms with Crippen molar-refractivity contribution in [1.29, 1.82) is 5.26 Å². The number of halogens is 1. The van der Waals surface area contributed by atoms with E-state index in [2.05, 4.69) is 28.8 Å². The molecular weight excluding hydrogens is 436 g/mol. The Labute approximate surface area is 190 Å². The number of carbonyl (C=O) groups is 2. The molecule has 0 aliphatic heterocycles. The number of hydrogen-bond donors (Lipinski definition) is 2. The molecule has 0 saturated heterocycles. The molecule has 0 spiro atoms. The van der Waals surface area contributed by atoms with Crippen LogP contribution in [-0.2, 0) is 27.3 Å². The van der Waals surface area contributed by atoms with Crippen molar-refractivity contribution < 1.29 is 14.4 Å². The molecule has 0 fully saturated rings. The lowest BCUT2D eigenvalue weighted by molar-refractivity contribution is -0.120. The molecule has 2 aromatic rings. The Balaban J connectivity index is 1.52. The first-order valence-corrected chi connectivity index (χ1v) is 11.1. The zero-order valence-electron chi connectivity index (χ0n) is 17.5. The molecule has 0 unspecified atom stereocenters. The largest absolute Gasteiger partial charge is 0.385 e. The van der Waals surface area contributed by atoms with Gasteiger partial charge in [0.05, 0.1) is 16.3 Å². The number of nitrogens with one attached hydrogen (secondary N) is 2. The van der Waals surface area contributed by atoms with Crippen LogP contribution in [0.3, 0.4) is 0 Å². The summed E-state index contributed by atoms with van der Waals surface area (Å²) in [5.41, 5.74) is 3.90. The van der Waals surface area contributed by atoms with Gasteiger partial charge in [0.15, 0.2) is 6.61 Å². The van der Waals surface area contributed by atoms with Crippen LogP contribution in [0.1, 0.15) is 40.5 Å². The topological polar surface area (TPSA) is 104 Å². The third kappa shape index (κ3) is 5.63. The van der Waals surface area contributed by atoms with E-state index in [0.717, 1.165) is 47.0 Å². The molecule has 2 N–H and O–H groups in total. The number of nitriles is 1. The Bertz CT molecular complexity index is 1060. The van der Waals surface area contributed by atoms with Crippen LogP contribution in [0, 0.1) is 31.1 Å². The average Bonchev–Trinajstić information content (AvgIpc) is 3.03. The number of aryl methyl sites for hydroxylation is 2. The van der Waals surface area contributed by atoms with E-state index in [1.54, 1.807) is 6.07 Å². The summed E-state index contributed by atoms with van der Waals surface area (Å²) < 4.78 is 0. The number of oxime groups is 1. The summed E-state index contributed by atoms with van der Waals surface area (Å²) in [6.45, 7) is 5.56. The van der Waals surface area contributed by atoms with Gasteiger partial charge in [-0.15, -0.1) is 11.3 Å². The van der Waals surface area contributed by atoms with Crippen LogP contribution in [0.5, 0.6) is 0 Å². The fourth-order valence-corrected chi connectivity index (χ4v) is 5.28. The molecule has 31 heavy (non-hydrogen) atoms. The number of rotatable bonds is 6. The van der Waals surface area contributed by atoms with Crippen molar-refractivity contribution in [2.45, 2.75) is 40.0 Å². The van der Waals surface area contributed by atoms with E-state index in [-0.39, 0.29) is 6.61 Å². The molecule has 1 heterocycles. The standard InChI is InChI=1S/C22H23ClN4O3S/c1-12-4-5-15-16(9-24)22(31-18(15)8-12)27-20(29)11-30-25-10-19(28)26-21-14(3)6-13(2)7-17(21)23/h6-7,10,12H,4-5,8,11H2,1-3H3,(H,26,28)(H,27,29)/t12-/m0/s1. The second kappa shape index (κ2) is 9.94. The zero-order valence-corrected chi connectivity index (χ0v) is 19.1. The van der Waals surface area contributed by atoms with Gasteiger partial charge >= 0.3 is 0 Å². The van der Waals surface area contributed by atoms with E-state index in [4.69, 9.17) is 16.4 Å². The molecule has 162 valence electrons. The first kappa shape index (κ1) is 22.8. The zero-order chi connectivity index (χ0) is 22.5. The third-order valence-electron chi connectivity index (χ3n) is 5.00. The van der Waals surface area contributed by atoms with Crippen LogP contribution in [-0.4, -0.2) is 24.6 Å². The number of thiophene rings is 1. The van der Waals surface area contributed by atoms with Gasteiger partial charge in [0.1, 0.15) is 17.3 Å². The first-order valence-electron chi connectivity index (χ1n) is 9.86. The van der Waals surface area contributed by atoms with Gasteiger partial charge in [0, 0.05) is 4.88 Å². The van der Waals surface area contributed by atoms with Crippen LogP contribution in [0.4, 0.5) is 10.7 Å². The smallest absolute Gasteiger partial charge is 0.270 e. The third-order valence-corrected chi connectivity index (χ3v) is 6.46. The van der Waals surface area contributed by atoms with Crippen molar-refractivity contribution in [3.63, 3.8) is 0 Å². The summed E-state index contributed by atoms with van der Waals surface area (Å²) in [7, 11) is 0. The van der Waals surface area contributed by atoms with Gasteiger partial charge in [0.25, 0.3) is 11.8 Å². The quantitative estimate of drug-likeness (QED) is 0.487. The van der Waals surface area contributed by atoms with Crippen molar-refractivity contribution in [2.75, 3.05) is 17.2 Å². The summed E-state index contributed by atoms with van der Waals surface area (Å²) in [6.07, 6.45) is 3.75. The predicted molar refractivity (Wildman–Crippen MR) is 123 cm³/mol. The van der Waals surface area contributed by atoms with Gasteiger partial charge in [-0.3, -0.25) is 9.59 Å². The molecule has 9 heteroatoms. The highest BCUT2D eigenvalue weighted by Gasteiger charge is 2.24. The number of carbonyl (C=O) groups excluding carboxylic acids is 2. The predicted octanol–water partition coefficient (Wildman–Crippen LogP) is 4.59. The second-order valence-electron chi connectivity index (χ2n) is 7.65. The molecule has 0 saturated carbocycles. The van der Waals surface area contributed by atoms with Crippen molar-refractivity contribution in [3.05, 3.63) is 44.3 Å². The highest BCUT2D eigenvalue weighted by atomic mass is 35.5. The number of fused-ring (bicyclic) bond motifs is 1. The van der Waals surface area contributed by atoms with Crippen molar-refractivity contribution >= 4 is 51.7 Å². The molecule has 7 nitrogen and oxygen atoms in total. The number of benzene rings is 1. The summed E-state index contributed by atoms with van der Waals surface area (Å²) in [5.74, 6) is -0.400. The van der Waals surface area contributed by atoms with Gasteiger partial charge in [0.2, 0.25) is 0 Å². The Morgan fingerprint density at radius 3 is 2.87 bits per heavy atom. The van der Waals surface area contributed by atoms with Crippen molar-refractivity contribution in [2.24, 2.45) is 11.1 Å². The molecule has 1 aliphatic rings. The lowest BCUT2D eigenvalue weighted by Crippen LogP contribution is -2.18. The van der Waals surface area contributed by atoms with Gasteiger partial charge in [-0.1, -0.05) is 29.7 Å². The molecule has 1 atom stereocenters. The number of anilines is 2. The minimum Gasteiger partial charge on any atom is -0.385 e. The lowest BCUT2D eigenvalue weighted by atomic mass is 9.89. The highest BCUT2D eigenvalue weighted by Crippen LogP contribution is 2.39. The van der Waals surface area contributed by atoms with Crippen LogP contribution in [0.15, 0.2) is 17.3 Å². The maximum absolute atomic E-state index is 12.2. The van der Waals surface area contributed by atoms with Crippen LogP contribution in [0.2, 0.25) is 5.02 Å². The van der Waals surface area contributed by atoms with E-state index in [9.17, 15) is 14.9 Å². The maximum atomic E-state index is 12.2. The van der Waals surface area contributed by atoms with Crippen LogP contribution in [0.25, 0.3) is 0 Å². The van der Waals surface area contributed by atoms with Gasteiger partial charge in [-0.2, -0.15) is 5.26 Å². The Morgan fingerprint density at radius 1 is 1.39 bits per heavy atom. The van der Waals surface area contributed by atoms with E-state index in [1.807, 2.05) is 19.9 Å². The van der Waals surface area contributed by atoms with Crippen LogP contribution < -0.4 is 10.6 Å². The average molecular weight is 459 g/mol. The van der Waals surface area contributed by atoms with Gasteiger partial charge < -0.3 is 15.5 Å². The molecule has 3 rings (SSSR count). The van der Waals surface area contributed by atoms with E-state index in [1.165, 1.54) is 11.3 Å². The van der Waals surface area contributed by atoms with Crippen molar-refractivity contribution in [1.82, 2.24) is 0 Å². The monoisotopic (exact) mass is 458 g/mol. The van der Waals surface area contributed by atoms with E-state index < -0.39 is 11.8 Å². The molecule has 1 aromatic carbocycles. The number of amides is 2. The molecule has 2 amide bonds. The highest BCUT2D eigenvalue weighted by molar-refractivity contribution is 7.16. The fraction of sp³-hybridized carbons (Fsp3) is 0.364. The second-order valence-corrected chi connectivity index (χ2v) is 9.16. The summed E-state index contributed by atoms with van der Waals surface area (Å²) in [5, 5.41) is 19.4. The molecular formula is C22H23ClN4O3S. The number of nitrogens with zero attached hydrogens (tertiary/aromatic N) is 2.